The van der Waals surface area contributed by atoms with Gasteiger partial charge in [-0.05, 0) is 43.4 Å². The summed E-state index contributed by atoms with van der Waals surface area (Å²) in [5.74, 6) is 0.894. The lowest BCUT2D eigenvalue weighted by Gasteiger charge is -2.03. The van der Waals surface area contributed by atoms with Gasteiger partial charge >= 0.3 is 0 Å². The van der Waals surface area contributed by atoms with Crippen molar-refractivity contribution in [2.45, 2.75) is 24.7 Å². The average molecular weight is 394 g/mol. The molecule has 0 atom stereocenters. The number of amides is 1. The number of aromatic nitrogens is 1. The topological polar surface area (TPSA) is 65.8 Å². The molecule has 0 aliphatic carbocycles. The van der Waals surface area contributed by atoms with E-state index in [-0.39, 0.29) is 5.91 Å². The van der Waals surface area contributed by atoms with E-state index < -0.39 is 0 Å². The standard InChI is InChI=1S/C21H19N3OS2/c1-15-4-10-18(11-5-15)26-12-2-3-20(25)24-21-23-19(14-27-21)17-8-6-16(13-22)7-9-17/h4-11,14H,2-3,12H2,1H3,(H,23,24,25). The summed E-state index contributed by atoms with van der Waals surface area (Å²) in [4.78, 5) is 17.8. The molecule has 3 rings (SSSR count). The minimum absolute atomic E-state index is 0.0137. The van der Waals surface area contributed by atoms with Gasteiger partial charge in [-0.1, -0.05) is 29.8 Å². The molecule has 2 aromatic carbocycles. The highest BCUT2D eigenvalue weighted by molar-refractivity contribution is 7.99. The van der Waals surface area contributed by atoms with Gasteiger partial charge in [0.2, 0.25) is 5.91 Å². The zero-order valence-corrected chi connectivity index (χ0v) is 16.6. The smallest absolute Gasteiger partial charge is 0.226 e. The molecule has 1 aromatic heterocycles. The van der Waals surface area contributed by atoms with Gasteiger partial charge in [-0.15, -0.1) is 23.1 Å². The number of rotatable bonds is 7. The predicted octanol–water partition coefficient (Wildman–Crippen LogP) is 5.50. The van der Waals surface area contributed by atoms with Crippen LogP contribution in [0.2, 0.25) is 0 Å². The van der Waals surface area contributed by atoms with Crippen LogP contribution in [0.15, 0.2) is 58.8 Å². The van der Waals surface area contributed by atoms with E-state index in [1.807, 2.05) is 17.5 Å². The molecule has 4 nitrogen and oxygen atoms in total. The molecule has 0 saturated carbocycles. The third-order valence-electron chi connectivity index (χ3n) is 3.90. The Kier molecular flexibility index (Phi) is 6.64. The van der Waals surface area contributed by atoms with Crippen molar-refractivity contribution in [1.29, 1.82) is 5.26 Å². The lowest BCUT2D eigenvalue weighted by atomic mass is 10.1. The number of carbonyl (C=O) groups excluding carboxylic acids is 1. The van der Waals surface area contributed by atoms with Crippen LogP contribution < -0.4 is 5.32 Å². The van der Waals surface area contributed by atoms with Crippen molar-refractivity contribution in [3.63, 3.8) is 0 Å². The normalized spacial score (nSPS) is 10.4. The van der Waals surface area contributed by atoms with Crippen molar-refractivity contribution in [2.24, 2.45) is 0 Å². The second-order valence-corrected chi connectivity index (χ2v) is 8.07. The van der Waals surface area contributed by atoms with E-state index in [1.54, 1.807) is 23.9 Å². The van der Waals surface area contributed by atoms with Crippen LogP contribution in [0.3, 0.4) is 0 Å². The van der Waals surface area contributed by atoms with Crippen molar-refractivity contribution in [3.8, 4) is 17.3 Å². The molecule has 1 heterocycles. The van der Waals surface area contributed by atoms with E-state index in [0.717, 1.165) is 23.4 Å². The Balaban J connectivity index is 1.44. The maximum atomic E-state index is 12.1. The van der Waals surface area contributed by atoms with Gasteiger partial charge in [0.15, 0.2) is 5.13 Å². The monoisotopic (exact) mass is 393 g/mol. The second-order valence-electron chi connectivity index (χ2n) is 6.04. The molecule has 1 N–H and O–H groups in total. The van der Waals surface area contributed by atoms with Crippen LogP contribution in [0.25, 0.3) is 11.3 Å². The minimum atomic E-state index is -0.0137. The molecule has 0 aliphatic heterocycles. The largest absolute Gasteiger partial charge is 0.302 e. The summed E-state index contributed by atoms with van der Waals surface area (Å²) in [6.07, 6.45) is 1.29. The van der Waals surface area contributed by atoms with Gasteiger partial charge in [-0.3, -0.25) is 4.79 Å². The first-order valence-corrected chi connectivity index (χ1v) is 10.5. The zero-order valence-electron chi connectivity index (χ0n) is 14.9. The molecule has 1 amide bonds. The van der Waals surface area contributed by atoms with Gasteiger partial charge in [0.25, 0.3) is 0 Å². The third kappa shape index (κ3) is 5.68. The van der Waals surface area contributed by atoms with E-state index >= 15 is 0 Å². The van der Waals surface area contributed by atoms with Crippen LogP contribution in [0.1, 0.15) is 24.0 Å². The molecule has 0 unspecified atom stereocenters. The minimum Gasteiger partial charge on any atom is -0.302 e. The Bertz CT molecular complexity index is 941. The van der Waals surface area contributed by atoms with Crippen molar-refractivity contribution in [3.05, 3.63) is 65.0 Å². The van der Waals surface area contributed by atoms with Crippen molar-refractivity contribution in [1.82, 2.24) is 4.98 Å². The van der Waals surface area contributed by atoms with Gasteiger partial charge in [-0.25, -0.2) is 4.98 Å². The fourth-order valence-corrected chi connectivity index (χ4v) is 4.01. The molecule has 0 spiro atoms. The summed E-state index contributed by atoms with van der Waals surface area (Å²) < 4.78 is 0. The molecule has 0 saturated heterocycles. The summed E-state index contributed by atoms with van der Waals surface area (Å²) >= 11 is 3.17. The highest BCUT2D eigenvalue weighted by Gasteiger charge is 2.08. The van der Waals surface area contributed by atoms with Crippen molar-refractivity contribution in [2.75, 3.05) is 11.1 Å². The highest BCUT2D eigenvalue weighted by Crippen LogP contribution is 2.25. The number of carbonyl (C=O) groups is 1. The molecule has 0 radical (unpaired) electrons. The Morgan fingerprint density at radius 1 is 1.19 bits per heavy atom. The molecule has 6 heteroatoms. The van der Waals surface area contributed by atoms with Gasteiger partial charge < -0.3 is 5.32 Å². The predicted molar refractivity (Wildman–Crippen MR) is 112 cm³/mol. The summed E-state index contributed by atoms with van der Waals surface area (Å²) in [6, 6.07) is 17.8. The summed E-state index contributed by atoms with van der Waals surface area (Å²) in [5, 5.41) is 14.2. The van der Waals surface area contributed by atoms with E-state index in [9.17, 15) is 4.79 Å². The first kappa shape index (κ1) is 19.2. The van der Waals surface area contributed by atoms with Gasteiger partial charge in [0, 0.05) is 22.3 Å². The number of anilines is 1. The van der Waals surface area contributed by atoms with E-state index in [1.165, 1.54) is 21.8 Å². The van der Waals surface area contributed by atoms with Crippen LogP contribution >= 0.6 is 23.1 Å². The van der Waals surface area contributed by atoms with Crippen LogP contribution in [-0.2, 0) is 4.79 Å². The zero-order chi connectivity index (χ0) is 19.1. The lowest BCUT2D eigenvalue weighted by Crippen LogP contribution is -2.11. The first-order chi connectivity index (χ1) is 13.1. The van der Waals surface area contributed by atoms with Gasteiger partial charge in [0.05, 0.1) is 17.3 Å². The van der Waals surface area contributed by atoms with Crippen molar-refractivity contribution < 1.29 is 4.79 Å². The number of nitrogens with one attached hydrogen (secondary N) is 1. The number of hydrogen-bond donors (Lipinski definition) is 1. The maximum absolute atomic E-state index is 12.1. The van der Waals surface area contributed by atoms with E-state index in [2.05, 4.69) is 47.6 Å². The fraction of sp³-hybridized carbons (Fsp3) is 0.190. The Labute approximate surface area is 167 Å². The number of hydrogen-bond acceptors (Lipinski definition) is 5. The van der Waals surface area contributed by atoms with Crippen LogP contribution in [-0.4, -0.2) is 16.6 Å². The Morgan fingerprint density at radius 2 is 1.93 bits per heavy atom. The molecule has 3 aromatic rings. The summed E-state index contributed by atoms with van der Waals surface area (Å²) in [7, 11) is 0. The summed E-state index contributed by atoms with van der Waals surface area (Å²) in [6.45, 7) is 2.07. The van der Waals surface area contributed by atoms with Crippen LogP contribution in [0.5, 0.6) is 0 Å². The number of thioether (sulfide) groups is 1. The number of nitrogens with zero attached hydrogens (tertiary/aromatic N) is 2. The van der Waals surface area contributed by atoms with Gasteiger partial charge in [-0.2, -0.15) is 5.26 Å². The molecule has 27 heavy (non-hydrogen) atoms. The number of benzene rings is 2. The lowest BCUT2D eigenvalue weighted by molar-refractivity contribution is -0.116. The molecule has 0 aliphatic rings. The maximum Gasteiger partial charge on any atom is 0.226 e. The number of aryl methyl sites for hydroxylation is 1. The van der Waals surface area contributed by atoms with E-state index in [0.29, 0.717) is 17.1 Å². The first-order valence-electron chi connectivity index (χ1n) is 8.59. The second kappa shape index (κ2) is 9.36. The summed E-state index contributed by atoms with van der Waals surface area (Å²) in [5.41, 5.74) is 3.60. The fourth-order valence-electron chi connectivity index (χ4n) is 2.42. The Morgan fingerprint density at radius 3 is 2.63 bits per heavy atom. The quantitative estimate of drug-likeness (QED) is 0.425. The SMILES string of the molecule is Cc1ccc(SCCCC(=O)Nc2nc(-c3ccc(C#N)cc3)cs2)cc1. The van der Waals surface area contributed by atoms with E-state index in [4.69, 9.17) is 5.26 Å². The van der Waals surface area contributed by atoms with Crippen LogP contribution in [0, 0.1) is 18.3 Å². The molecular formula is C21H19N3OS2. The Hall–Kier alpha value is -2.62. The van der Waals surface area contributed by atoms with Crippen molar-refractivity contribution >= 4 is 34.1 Å². The molecule has 0 fully saturated rings. The third-order valence-corrected chi connectivity index (χ3v) is 5.75. The number of thiazole rings is 1. The highest BCUT2D eigenvalue weighted by atomic mass is 32.2. The number of nitriles is 1. The molecule has 136 valence electrons. The van der Waals surface area contributed by atoms with Gasteiger partial charge in [0.1, 0.15) is 0 Å². The molecular weight excluding hydrogens is 374 g/mol. The molecule has 0 bridgehead atoms. The van der Waals surface area contributed by atoms with Crippen LogP contribution in [0.4, 0.5) is 5.13 Å². The average Bonchev–Trinajstić information content (AvgIpc) is 3.15.